The second-order valence-corrected chi connectivity index (χ2v) is 7.18. The number of hydrogen-bond acceptors (Lipinski definition) is 3. The standard InChI is InChI=1S/C23H29NO3/c1-16(19-12-11-17-7-4-5-8-20(17)15-19)24-22(25)14-13-18-9-6-10-21(26-2)23(18)27-3/h6,9-12,15-16H,4-5,7-8,13-14H2,1-3H3,(H,24,25). The molecule has 1 atom stereocenters. The van der Waals surface area contributed by atoms with Crippen molar-refractivity contribution in [1.82, 2.24) is 5.32 Å². The number of carbonyl (C=O) groups excluding carboxylic acids is 1. The first-order valence-corrected chi connectivity index (χ1v) is 9.73. The molecule has 27 heavy (non-hydrogen) atoms. The van der Waals surface area contributed by atoms with Crippen molar-refractivity contribution in [3.05, 3.63) is 58.7 Å². The minimum atomic E-state index is 0.0110. The maximum atomic E-state index is 12.5. The van der Waals surface area contributed by atoms with E-state index in [1.54, 1.807) is 14.2 Å². The van der Waals surface area contributed by atoms with Crippen LogP contribution in [-0.2, 0) is 24.1 Å². The lowest BCUT2D eigenvalue weighted by Crippen LogP contribution is -2.27. The summed E-state index contributed by atoms with van der Waals surface area (Å²) in [6.45, 7) is 2.05. The lowest BCUT2D eigenvalue weighted by Gasteiger charge is -2.20. The van der Waals surface area contributed by atoms with Crippen molar-refractivity contribution < 1.29 is 14.3 Å². The summed E-state index contributed by atoms with van der Waals surface area (Å²) in [4.78, 5) is 12.5. The molecule has 2 aromatic carbocycles. The Hall–Kier alpha value is -2.49. The van der Waals surface area contributed by atoms with Gasteiger partial charge in [0.25, 0.3) is 0 Å². The zero-order valence-electron chi connectivity index (χ0n) is 16.5. The summed E-state index contributed by atoms with van der Waals surface area (Å²) in [6, 6.07) is 12.4. The fraction of sp³-hybridized carbons (Fsp3) is 0.435. The van der Waals surface area contributed by atoms with E-state index in [1.165, 1.54) is 36.0 Å². The third-order valence-corrected chi connectivity index (χ3v) is 5.36. The summed E-state index contributed by atoms with van der Waals surface area (Å²) < 4.78 is 10.8. The van der Waals surface area contributed by atoms with Crippen LogP contribution in [0.1, 0.15) is 54.5 Å². The Labute approximate surface area is 161 Å². The SMILES string of the molecule is COc1cccc(CCC(=O)NC(C)c2ccc3c(c2)CCCC3)c1OC. The van der Waals surface area contributed by atoms with E-state index in [1.807, 2.05) is 18.2 Å². The molecular formula is C23H29NO3. The first-order valence-electron chi connectivity index (χ1n) is 9.73. The van der Waals surface area contributed by atoms with E-state index in [-0.39, 0.29) is 11.9 Å². The molecule has 0 heterocycles. The minimum absolute atomic E-state index is 0.0110. The normalized spacial score (nSPS) is 14.2. The van der Waals surface area contributed by atoms with E-state index in [0.717, 1.165) is 12.0 Å². The van der Waals surface area contributed by atoms with Gasteiger partial charge in [0.15, 0.2) is 11.5 Å². The highest BCUT2D eigenvalue weighted by Crippen LogP contribution is 2.31. The fourth-order valence-electron chi connectivity index (χ4n) is 3.82. The van der Waals surface area contributed by atoms with Gasteiger partial charge < -0.3 is 14.8 Å². The number of carbonyl (C=O) groups is 1. The highest BCUT2D eigenvalue weighted by atomic mass is 16.5. The van der Waals surface area contributed by atoms with Crippen molar-refractivity contribution in [2.75, 3.05) is 14.2 Å². The zero-order valence-corrected chi connectivity index (χ0v) is 16.5. The van der Waals surface area contributed by atoms with Crippen LogP contribution < -0.4 is 14.8 Å². The lowest BCUT2D eigenvalue weighted by molar-refractivity contribution is -0.121. The second kappa shape index (κ2) is 8.94. The number of benzene rings is 2. The van der Waals surface area contributed by atoms with Crippen molar-refractivity contribution in [3.8, 4) is 11.5 Å². The van der Waals surface area contributed by atoms with Crippen LogP contribution in [0.15, 0.2) is 36.4 Å². The van der Waals surface area contributed by atoms with Crippen LogP contribution in [0.3, 0.4) is 0 Å². The van der Waals surface area contributed by atoms with Gasteiger partial charge in [0.05, 0.1) is 20.3 Å². The van der Waals surface area contributed by atoms with Crippen LogP contribution >= 0.6 is 0 Å². The molecule has 144 valence electrons. The first kappa shape index (κ1) is 19.3. The summed E-state index contributed by atoms with van der Waals surface area (Å²) in [5, 5.41) is 3.13. The summed E-state index contributed by atoms with van der Waals surface area (Å²) >= 11 is 0. The predicted molar refractivity (Wildman–Crippen MR) is 108 cm³/mol. The number of nitrogens with one attached hydrogen (secondary N) is 1. The van der Waals surface area contributed by atoms with E-state index >= 15 is 0 Å². The molecule has 1 aliphatic rings. The number of hydrogen-bond donors (Lipinski definition) is 1. The number of amides is 1. The van der Waals surface area contributed by atoms with Crippen molar-refractivity contribution in [2.24, 2.45) is 0 Å². The number of aryl methyl sites for hydroxylation is 3. The van der Waals surface area contributed by atoms with Gasteiger partial charge in [-0.25, -0.2) is 0 Å². The maximum Gasteiger partial charge on any atom is 0.220 e. The number of fused-ring (bicyclic) bond motifs is 1. The molecule has 0 bridgehead atoms. The predicted octanol–water partition coefficient (Wildman–Crippen LogP) is 4.39. The molecule has 0 saturated carbocycles. The third kappa shape index (κ3) is 4.62. The van der Waals surface area contributed by atoms with Gasteiger partial charge in [0.2, 0.25) is 5.91 Å². The summed E-state index contributed by atoms with van der Waals surface area (Å²) in [5.74, 6) is 1.44. The van der Waals surface area contributed by atoms with Gasteiger partial charge in [0.1, 0.15) is 0 Å². The van der Waals surface area contributed by atoms with E-state index in [2.05, 4.69) is 30.4 Å². The Kier molecular flexibility index (Phi) is 6.38. The lowest BCUT2D eigenvalue weighted by atomic mass is 9.89. The van der Waals surface area contributed by atoms with Gasteiger partial charge >= 0.3 is 0 Å². The Morgan fingerprint density at radius 2 is 1.85 bits per heavy atom. The number of ether oxygens (including phenoxy) is 2. The molecule has 4 nitrogen and oxygen atoms in total. The van der Waals surface area contributed by atoms with E-state index in [4.69, 9.17) is 9.47 Å². The van der Waals surface area contributed by atoms with Crippen molar-refractivity contribution >= 4 is 5.91 Å². The van der Waals surface area contributed by atoms with Crippen molar-refractivity contribution in [2.45, 2.75) is 51.5 Å². The van der Waals surface area contributed by atoms with Crippen molar-refractivity contribution in [3.63, 3.8) is 0 Å². The van der Waals surface area contributed by atoms with Crippen LogP contribution in [-0.4, -0.2) is 20.1 Å². The Morgan fingerprint density at radius 1 is 1.07 bits per heavy atom. The van der Waals surface area contributed by atoms with Gasteiger partial charge in [-0.15, -0.1) is 0 Å². The molecule has 0 spiro atoms. The molecule has 0 saturated heterocycles. The monoisotopic (exact) mass is 367 g/mol. The zero-order chi connectivity index (χ0) is 19.2. The molecule has 3 rings (SSSR count). The highest BCUT2D eigenvalue weighted by molar-refractivity contribution is 5.76. The van der Waals surface area contributed by atoms with Gasteiger partial charge in [-0.2, -0.15) is 0 Å². The minimum Gasteiger partial charge on any atom is -0.493 e. The molecule has 0 aliphatic heterocycles. The van der Waals surface area contributed by atoms with Gasteiger partial charge in [0, 0.05) is 6.42 Å². The number of para-hydroxylation sites is 1. The quantitative estimate of drug-likeness (QED) is 0.789. The van der Waals surface area contributed by atoms with E-state index in [9.17, 15) is 4.79 Å². The van der Waals surface area contributed by atoms with Gasteiger partial charge in [-0.05, 0) is 67.3 Å². The van der Waals surface area contributed by atoms with E-state index in [0.29, 0.717) is 24.3 Å². The van der Waals surface area contributed by atoms with Crippen LogP contribution in [0.5, 0.6) is 11.5 Å². The molecule has 1 amide bonds. The molecule has 1 aliphatic carbocycles. The number of methoxy groups -OCH3 is 2. The van der Waals surface area contributed by atoms with Crippen LogP contribution in [0.25, 0.3) is 0 Å². The Morgan fingerprint density at radius 3 is 2.59 bits per heavy atom. The summed E-state index contributed by atoms with van der Waals surface area (Å²) in [5.41, 5.74) is 5.08. The highest BCUT2D eigenvalue weighted by Gasteiger charge is 2.15. The van der Waals surface area contributed by atoms with Crippen LogP contribution in [0.2, 0.25) is 0 Å². The molecular weight excluding hydrogens is 338 g/mol. The second-order valence-electron chi connectivity index (χ2n) is 7.18. The van der Waals surface area contributed by atoms with Gasteiger partial charge in [-0.1, -0.05) is 30.3 Å². The molecule has 0 radical (unpaired) electrons. The maximum absolute atomic E-state index is 12.5. The number of rotatable bonds is 7. The molecule has 0 aromatic heterocycles. The molecule has 1 N–H and O–H groups in total. The molecule has 2 aromatic rings. The Balaban J connectivity index is 1.59. The molecule has 4 heteroatoms. The third-order valence-electron chi connectivity index (χ3n) is 5.36. The van der Waals surface area contributed by atoms with Crippen molar-refractivity contribution in [1.29, 1.82) is 0 Å². The molecule has 0 fully saturated rings. The summed E-state index contributed by atoms with van der Waals surface area (Å²) in [6.07, 6.45) is 5.91. The first-order chi connectivity index (χ1) is 13.1. The Bertz CT molecular complexity index is 800. The summed E-state index contributed by atoms with van der Waals surface area (Å²) in [7, 11) is 3.24. The molecule has 1 unspecified atom stereocenters. The van der Waals surface area contributed by atoms with Crippen LogP contribution in [0.4, 0.5) is 0 Å². The largest absolute Gasteiger partial charge is 0.493 e. The fourth-order valence-corrected chi connectivity index (χ4v) is 3.82. The van der Waals surface area contributed by atoms with Gasteiger partial charge in [-0.3, -0.25) is 4.79 Å². The van der Waals surface area contributed by atoms with E-state index < -0.39 is 0 Å². The van der Waals surface area contributed by atoms with Crippen LogP contribution in [0, 0.1) is 0 Å². The smallest absolute Gasteiger partial charge is 0.220 e. The average molecular weight is 367 g/mol. The topological polar surface area (TPSA) is 47.6 Å². The average Bonchev–Trinajstić information content (AvgIpc) is 2.71.